The first-order chi connectivity index (χ1) is 7.06. The zero-order valence-corrected chi connectivity index (χ0v) is 10.7. The normalized spacial score (nSPS) is 13.5. The molecule has 0 radical (unpaired) electrons. The number of nitrogens with zero attached hydrogens (tertiary/aromatic N) is 2. The average molecular weight is 230 g/mol. The predicted molar refractivity (Wildman–Crippen MR) is 64.1 cm³/mol. The van der Waals surface area contributed by atoms with Crippen LogP contribution in [0.4, 0.5) is 0 Å². The summed E-state index contributed by atoms with van der Waals surface area (Å²) in [6, 6.07) is 0.301. The first-order valence-electron chi connectivity index (χ1n) is 5.47. The molecule has 0 aliphatic heterocycles. The molecule has 0 bridgehead atoms. The van der Waals surface area contributed by atoms with Crippen molar-refractivity contribution in [3.63, 3.8) is 0 Å². The van der Waals surface area contributed by atoms with Gasteiger partial charge in [-0.15, -0.1) is 0 Å². The van der Waals surface area contributed by atoms with Crippen LogP contribution in [0, 0.1) is 5.92 Å². The molecule has 1 rings (SSSR count). The fourth-order valence-corrected chi connectivity index (χ4v) is 2.12. The summed E-state index contributed by atoms with van der Waals surface area (Å²) >= 11 is 6.14. The van der Waals surface area contributed by atoms with E-state index in [1.165, 1.54) is 0 Å². The third-order valence-electron chi connectivity index (χ3n) is 2.43. The van der Waals surface area contributed by atoms with E-state index >= 15 is 0 Å². The second-order valence-corrected chi connectivity index (χ2v) is 4.65. The maximum absolute atomic E-state index is 6.14. The molecule has 0 fully saturated rings. The van der Waals surface area contributed by atoms with Gasteiger partial charge in [0, 0.05) is 7.05 Å². The minimum absolute atomic E-state index is 0.301. The third kappa shape index (κ3) is 3.21. The second kappa shape index (κ2) is 5.52. The van der Waals surface area contributed by atoms with Crippen LogP contribution in [-0.2, 0) is 7.05 Å². The van der Waals surface area contributed by atoms with Crippen molar-refractivity contribution in [3.8, 4) is 0 Å². The van der Waals surface area contributed by atoms with Gasteiger partial charge in [-0.3, -0.25) is 4.68 Å². The summed E-state index contributed by atoms with van der Waals surface area (Å²) in [6.45, 7) is 7.49. The van der Waals surface area contributed by atoms with Crippen LogP contribution in [-0.4, -0.2) is 16.3 Å². The molecule has 0 aromatic carbocycles. The van der Waals surface area contributed by atoms with Crippen LogP contribution in [0.2, 0.25) is 5.02 Å². The molecule has 0 amide bonds. The quantitative estimate of drug-likeness (QED) is 0.842. The Kier molecular flexibility index (Phi) is 4.61. The molecular formula is C11H20ClN3. The minimum Gasteiger partial charge on any atom is -0.309 e. The highest BCUT2D eigenvalue weighted by Crippen LogP contribution is 2.26. The van der Waals surface area contributed by atoms with Crippen molar-refractivity contribution >= 4 is 11.6 Å². The first-order valence-corrected chi connectivity index (χ1v) is 5.84. The fraction of sp³-hybridized carbons (Fsp3) is 0.727. The second-order valence-electron chi connectivity index (χ2n) is 4.24. The van der Waals surface area contributed by atoms with Gasteiger partial charge in [-0.1, -0.05) is 32.4 Å². The molecule has 3 nitrogen and oxygen atoms in total. The van der Waals surface area contributed by atoms with Gasteiger partial charge in [0.1, 0.15) is 0 Å². The number of rotatable bonds is 5. The van der Waals surface area contributed by atoms with Gasteiger partial charge in [0.05, 0.1) is 23.0 Å². The summed E-state index contributed by atoms with van der Waals surface area (Å²) in [5.74, 6) is 0.639. The van der Waals surface area contributed by atoms with Crippen molar-refractivity contribution in [3.05, 3.63) is 16.9 Å². The Balaban J connectivity index is 2.87. The van der Waals surface area contributed by atoms with Crippen LogP contribution >= 0.6 is 11.6 Å². The van der Waals surface area contributed by atoms with Crippen molar-refractivity contribution in [2.24, 2.45) is 13.0 Å². The maximum Gasteiger partial charge on any atom is 0.0834 e. The minimum atomic E-state index is 0.301. The molecule has 0 spiro atoms. The fourth-order valence-electron chi connectivity index (χ4n) is 1.82. The smallest absolute Gasteiger partial charge is 0.0834 e. The lowest BCUT2D eigenvalue weighted by atomic mass is 10.0. The van der Waals surface area contributed by atoms with E-state index < -0.39 is 0 Å². The standard InChI is InChI=1S/C11H20ClN3/c1-5-13-10(6-8(2)3)11-9(12)7-14-15(11)4/h7-8,10,13H,5-6H2,1-4H3. The molecule has 4 heteroatoms. The average Bonchev–Trinajstić information content (AvgIpc) is 2.45. The van der Waals surface area contributed by atoms with Crippen molar-refractivity contribution in [1.29, 1.82) is 0 Å². The van der Waals surface area contributed by atoms with Gasteiger partial charge >= 0.3 is 0 Å². The molecule has 1 aromatic rings. The Morgan fingerprint density at radius 3 is 2.60 bits per heavy atom. The van der Waals surface area contributed by atoms with Gasteiger partial charge in [0.15, 0.2) is 0 Å². The highest BCUT2D eigenvalue weighted by Gasteiger charge is 2.18. The van der Waals surface area contributed by atoms with E-state index in [1.54, 1.807) is 6.20 Å². The van der Waals surface area contributed by atoms with E-state index in [2.05, 4.69) is 31.2 Å². The van der Waals surface area contributed by atoms with Crippen LogP contribution in [0.1, 0.15) is 38.9 Å². The van der Waals surface area contributed by atoms with E-state index in [0.29, 0.717) is 12.0 Å². The van der Waals surface area contributed by atoms with Crippen LogP contribution in [0.15, 0.2) is 6.20 Å². The van der Waals surface area contributed by atoms with E-state index in [9.17, 15) is 0 Å². The van der Waals surface area contributed by atoms with Crippen molar-refractivity contribution < 1.29 is 0 Å². The van der Waals surface area contributed by atoms with E-state index in [0.717, 1.165) is 23.7 Å². The molecular weight excluding hydrogens is 210 g/mol. The van der Waals surface area contributed by atoms with Gasteiger partial charge in [0.25, 0.3) is 0 Å². The Morgan fingerprint density at radius 1 is 1.53 bits per heavy atom. The van der Waals surface area contributed by atoms with Gasteiger partial charge in [-0.05, 0) is 18.9 Å². The number of hydrogen-bond acceptors (Lipinski definition) is 2. The summed E-state index contributed by atoms with van der Waals surface area (Å²) in [5.41, 5.74) is 1.09. The van der Waals surface area contributed by atoms with Crippen LogP contribution in [0.25, 0.3) is 0 Å². The SMILES string of the molecule is CCNC(CC(C)C)c1c(Cl)cnn1C. The molecule has 0 saturated heterocycles. The zero-order chi connectivity index (χ0) is 11.4. The number of hydrogen-bond donors (Lipinski definition) is 1. The first kappa shape index (κ1) is 12.5. The van der Waals surface area contributed by atoms with Crippen molar-refractivity contribution in [1.82, 2.24) is 15.1 Å². The number of aryl methyl sites for hydroxylation is 1. The zero-order valence-electron chi connectivity index (χ0n) is 9.92. The number of aromatic nitrogens is 2. The summed E-state index contributed by atoms with van der Waals surface area (Å²) in [4.78, 5) is 0. The van der Waals surface area contributed by atoms with Crippen LogP contribution in [0.5, 0.6) is 0 Å². The predicted octanol–water partition coefficient (Wildman–Crippen LogP) is 2.77. The molecule has 1 heterocycles. The number of nitrogens with one attached hydrogen (secondary N) is 1. The van der Waals surface area contributed by atoms with Crippen molar-refractivity contribution in [2.75, 3.05) is 6.54 Å². The monoisotopic (exact) mass is 229 g/mol. The lowest BCUT2D eigenvalue weighted by molar-refractivity contribution is 0.417. The molecule has 86 valence electrons. The Hall–Kier alpha value is -0.540. The van der Waals surface area contributed by atoms with Crippen LogP contribution in [0.3, 0.4) is 0 Å². The molecule has 0 saturated carbocycles. The number of halogens is 1. The van der Waals surface area contributed by atoms with Crippen LogP contribution < -0.4 is 5.32 Å². The molecule has 0 aliphatic rings. The molecule has 1 unspecified atom stereocenters. The molecule has 15 heavy (non-hydrogen) atoms. The lowest BCUT2D eigenvalue weighted by Gasteiger charge is -2.20. The summed E-state index contributed by atoms with van der Waals surface area (Å²) in [7, 11) is 1.94. The molecule has 1 N–H and O–H groups in total. The van der Waals surface area contributed by atoms with Gasteiger partial charge < -0.3 is 5.32 Å². The molecule has 1 aromatic heterocycles. The molecule has 0 aliphatic carbocycles. The highest BCUT2D eigenvalue weighted by atomic mass is 35.5. The highest BCUT2D eigenvalue weighted by molar-refractivity contribution is 6.31. The largest absolute Gasteiger partial charge is 0.309 e. The van der Waals surface area contributed by atoms with Gasteiger partial charge in [0.2, 0.25) is 0 Å². The maximum atomic E-state index is 6.14. The molecule has 1 atom stereocenters. The lowest BCUT2D eigenvalue weighted by Crippen LogP contribution is -2.24. The van der Waals surface area contributed by atoms with Crippen molar-refractivity contribution in [2.45, 2.75) is 33.2 Å². The Bertz CT molecular complexity index is 287. The Labute approximate surface area is 96.8 Å². The third-order valence-corrected chi connectivity index (χ3v) is 2.72. The summed E-state index contributed by atoms with van der Waals surface area (Å²) in [5, 5.41) is 8.38. The van der Waals surface area contributed by atoms with E-state index in [-0.39, 0.29) is 0 Å². The Morgan fingerprint density at radius 2 is 2.20 bits per heavy atom. The topological polar surface area (TPSA) is 29.9 Å². The van der Waals surface area contributed by atoms with E-state index in [1.807, 2.05) is 11.7 Å². The van der Waals surface area contributed by atoms with Gasteiger partial charge in [-0.25, -0.2) is 0 Å². The summed E-state index contributed by atoms with van der Waals surface area (Å²) < 4.78 is 1.86. The summed E-state index contributed by atoms with van der Waals surface area (Å²) in [6.07, 6.45) is 2.79. The van der Waals surface area contributed by atoms with E-state index in [4.69, 9.17) is 11.6 Å². The van der Waals surface area contributed by atoms with Gasteiger partial charge in [-0.2, -0.15) is 5.10 Å².